The number of fused-ring (bicyclic) bond motifs is 2. The van der Waals surface area contributed by atoms with E-state index in [1.165, 1.54) is 27.6 Å². The van der Waals surface area contributed by atoms with Crippen LogP contribution in [0.3, 0.4) is 0 Å². The van der Waals surface area contributed by atoms with Crippen molar-refractivity contribution in [3.05, 3.63) is 71.0 Å². The molecule has 3 nitrogen and oxygen atoms in total. The van der Waals surface area contributed by atoms with Gasteiger partial charge in [-0.15, -0.1) is 0 Å². The molecule has 1 aliphatic rings. The summed E-state index contributed by atoms with van der Waals surface area (Å²) in [5, 5.41) is 1.19. The van der Waals surface area contributed by atoms with Crippen LogP contribution in [0.4, 0.5) is 0 Å². The summed E-state index contributed by atoms with van der Waals surface area (Å²) >= 11 is 0. The number of likely N-dealkylation sites (N-methyl/N-ethyl adjacent to an activating group) is 1. The number of nitrogens with zero attached hydrogens (tertiary/aromatic N) is 2. The molecule has 3 heteroatoms. The highest BCUT2D eigenvalue weighted by atomic mass is 16.3. The molecule has 2 heterocycles. The van der Waals surface area contributed by atoms with E-state index in [0.717, 1.165) is 25.2 Å². The second-order valence-corrected chi connectivity index (χ2v) is 7.24. The summed E-state index contributed by atoms with van der Waals surface area (Å²) < 4.78 is 5.49. The molecule has 1 aromatic heterocycles. The summed E-state index contributed by atoms with van der Waals surface area (Å²) in [6.07, 6.45) is 1.77. The first-order valence-corrected chi connectivity index (χ1v) is 8.52. The van der Waals surface area contributed by atoms with Crippen LogP contribution in [0.5, 0.6) is 0 Å². The third-order valence-electron chi connectivity index (χ3n) is 4.89. The molecule has 0 fully saturated rings. The third kappa shape index (κ3) is 2.85. The second kappa shape index (κ2) is 6.08. The fourth-order valence-corrected chi connectivity index (χ4v) is 3.85. The van der Waals surface area contributed by atoms with E-state index < -0.39 is 0 Å². The molecular formula is C21H24N2O. The van der Waals surface area contributed by atoms with E-state index in [-0.39, 0.29) is 0 Å². The molecule has 0 bridgehead atoms. The summed E-state index contributed by atoms with van der Waals surface area (Å²) in [7, 11) is 6.45. The van der Waals surface area contributed by atoms with Gasteiger partial charge in [-0.1, -0.05) is 24.3 Å². The van der Waals surface area contributed by atoms with Crippen molar-refractivity contribution in [2.75, 3.05) is 27.7 Å². The van der Waals surface area contributed by atoms with Gasteiger partial charge in [0.05, 0.1) is 6.26 Å². The zero-order chi connectivity index (χ0) is 16.7. The SMILES string of the molecule is CN(C)Cc1ccc2c(c1)CN(C)CC2c1ccc2occc2c1. The first kappa shape index (κ1) is 15.4. The Morgan fingerprint density at radius 1 is 1.12 bits per heavy atom. The molecule has 1 aliphatic heterocycles. The summed E-state index contributed by atoms with van der Waals surface area (Å²) in [5.41, 5.74) is 6.65. The predicted molar refractivity (Wildman–Crippen MR) is 98.2 cm³/mol. The molecule has 1 atom stereocenters. The van der Waals surface area contributed by atoms with Gasteiger partial charge in [0.1, 0.15) is 5.58 Å². The lowest BCUT2D eigenvalue weighted by molar-refractivity contribution is 0.294. The van der Waals surface area contributed by atoms with Crippen LogP contribution in [0.2, 0.25) is 0 Å². The van der Waals surface area contributed by atoms with Gasteiger partial charge >= 0.3 is 0 Å². The Balaban J connectivity index is 1.74. The highest BCUT2D eigenvalue weighted by molar-refractivity contribution is 5.78. The van der Waals surface area contributed by atoms with Crippen LogP contribution in [-0.4, -0.2) is 37.5 Å². The first-order valence-electron chi connectivity index (χ1n) is 8.52. The van der Waals surface area contributed by atoms with Crippen molar-refractivity contribution in [2.45, 2.75) is 19.0 Å². The maximum atomic E-state index is 5.49. The van der Waals surface area contributed by atoms with E-state index in [1.54, 1.807) is 6.26 Å². The number of rotatable bonds is 3. The maximum Gasteiger partial charge on any atom is 0.133 e. The number of benzene rings is 2. The Kier molecular flexibility index (Phi) is 3.91. The molecule has 4 rings (SSSR count). The molecule has 0 spiro atoms. The standard InChI is InChI=1S/C21H24N2O/c1-22(2)12-15-4-6-19-18(10-15)13-23(3)14-20(19)16-5-7-21-17(11-16)8-9-24-21/h4-11,20H,12-14H2,1-3H3. The molecule has 0 amide bonds. The first-order chi connectivity index (χ1) is 11.6. The minimum absolute atomic E-state index is 0.423. The minimum Gasteiger partial charge on any atom is -0.464 e. The quantitative estimate of drug-likeness (QED) is 0.725. The van der Waals surface area contributed by atoms with E-state index in [2.05, 4.69) is 67.3 Å². The van der Waals surface area contributed by atoms with Crippen LogP contribution in [0.1, 0.15) is 28.2 Å². The largest absolute Gasteiger partial charge is 0.464 e. The van der Waals surface area contributed by atoms with Crippen molar-refractivity contribution in [3.63, 3.8) is 0 Å². The van der Waals surface area contributed by atoms with Gasteiger partial charge in [0.15, 0.2) is 0 Å². The summed E-state index contributed by atoms with van der Waals surface area (Å²) in [6.45, 7) is 3.08. The van der Waals surface area contributed by atoms with Crippen molar-refractivity contribution in [1.82, 2.24) is 9.80 Å². The second-order valence-electron chi connectivity index (χ2n) is 7.24. The topological polar surface area (TPSA) is 19.6 Å². The Hall–Kier alpha value is -2.10. The number of hydrogen-bond donors (Lipinski definition) is 0. The van der Waals surface area contributed by atoms with Gasteiger partial charge in [-0.25, -0.2) is 0 Å². The van der Waals surface area contributed by atoms with Crippen LogP contribution in [0.15, 0.2) is 53.1 Å². The number of hydrogen-bond acceptors (Lipinski definition) is 3. The lowest BCUT2D eigenvalue weighted by Crippen LogP contribution is -2.31. The maximum absolute atomic E-state index is 5.49. The average Bonchev–Trinajstić information content (AvgIpc) is 3.00. The molecule has 0 aliphatic carbocycles. The molecule has 0 N–H and O–H groups in total. The van der Waals surface area contributed by atoms with Crippen molar-refractivity contribution >= 4 is 11.0 Å². The lowest BCUT2D eigenvalue weighted by Gasteiger charge is -2.33. The molecule has 124 valence electrons. The van der Waals surface area contributed by atoms with Crippen LogP contribution in [-0.2, 0) is 13.1 Å². The average molecular weight is 320 g/mol. The van der Waals surface area contributed by atoms with Gasteiger partial charge in [-0.2, -0.15) is 0 Å². The predicted octanol–water partition coefficient (Wildman–Crippen LogP) is 4.07. The smallest absolute Gasteiger partial charge is 0.133 e. The van der Waals surface area contributed by atoms with Gasteiger partial charge in [0, 0.05) is 30.9 Å². The molecule has 2 aromatic carbocycles. The highest BCUT2D eigenvalue weighted by Gasteiger charge is 2.25. The van der Waals surface area contributed by atoms with Gasteiger partial charge in [-0.05, 0) is 61.6 Å². The van der Waals surface area contributed by atoms with E-state index in [9.17, 15) is 0 Å². The Morgan fingerprint density at radius 2 is 2.00 bits per heavy atom. The molecule has 0 saturated heterocycles. The van der Waals surface area contributed by atoms with Crippen LogP contribution in [0.25, 0.3) is 11.0 Å². The molecule has 3 aromatic rings. The van der Waals surface area contributed by atoms with Crippen molar-refractivity contribution in [1.29, 1.82) is 0 Å². The molecular weight excluding hydrogens is 296 g/mol. The van der Waals surface area contributed by atoms with E-state index in [1.807, 2.05) is 6.07 Å². The highest BCUT2D eigenvalue weighted by Crippen LogP contribution is 2.35. The fraction of sp³-hybridized carbons (Fsp3) is 0.333. The van der Waals surface area contributed by atoms with E-state index in [4.69, 9.17) is 4.42 Å². The third-order valence-corrected chi connectivity index (χ3v) is 4.89. The molecule has 0 radical (unpaired) electrons. The van der Waals surface area contributed by atoms with Crippen LogP contribution >= 0.6 is 0 Å². The zero-order valence-corrected chi connectivity index (χ0v) is 14.6. The van der Waals surface area contributed by atoms with Gasteiger partial charge in [-0.3, -0.25) is 0 Å². The van der Waals surface area contributed by atoms with E-state index in [0.29, 0.717) is 5.92 Å². The number of furan rings is 1. The van der Waals surface area contributed by atoms with Crippen molar-refractivity contribution < 1.29 is 4.42 Å². The van der Waals surface area contributed by atoms with Crippen molar-refractivity contribution in [2.24, 2.45) is 0 Å². The summed E-state index contributed by atoms with van der Waals surface area (Å²) in [4.78, 5) is 4.64. The van der Waals surface area contributed by atoms with Crippen LogP contribution in [0, 0.1) is 0 Å². The Bertz CT molecular complexity index is 865. The van der Waals surface area contributed by atoms with Gasteiger partial charge in [0.2, 0.25) is 0 Å². The van der Waals surface area contributed by atoms with Gasteiger partial charge < -0.3 is 14.2 Å². The van der Waals surface area contributed by atoms with E-state index >= 15 is 0 Å². The van der Waals surface area contributed by atoms with Crippen LogP contribution < -0.4 is 0 Å². The van der Waals surface area contributed by atoms with Crippen molar-refractivity contribution in [3.8, 4) is 0 Å². The molecule has 1 unspecified atom stereocenters. The Morgan fingerprint density at radius 3 is 2.83 bits per heavy atom. The fourth-order valence-electron chi connectivity index (χ4n) is 3.85. The lowest BCUT2D eigenvalue weighted by atomic mass is 9.84. The van der Waals surface area contributed by atoms with Gasteiger partial charge in [0.25, 0.3) is 0 Å². The summed E-state index contributed by atoms with van der Waals surface area (Å²) in [5.74, 6) is 0.423. The minimum atomic E-state index is 0.423. The normalized spacial score (nSPS) is 18.2. The Labute approximate surface area is 143 Å². The monoisotopic (exact) mass is 320 g/mol. The zero-order valence-electron chi connectivity index (χ0n) is 14.6. The molecule has 0 saturated carbocycles. The summed E-state index contributed by atoms with van der Waals surface area (Å²) in [6, 6.07) is 15.6. The molecule has 24 heavy (non-hydrogen) atoms.